The lowest BCUT2D eigenvalue weighted by molar-refractivity contribution is 0.192. The van der Waals surface area contributed by atoms with Crippen molar-refractivity contribution in [2.75, 3.05) is 73.3 Å². The van der Waals surface area contributed by atoms with Crippen LogP contribution in [0.15, 0.2) is 59.4 Å². The smallest absolute Gasteiger partial charge is 0.253 e. The van der Waals surface area contributed by atoms with Gasteiger partial charge in [0.05, 0.1) is 39.9 Å². The van der Waals surface area contributed by atoms with Gasteiger partial charge in [-0.15, -0.1) is 0 Å². The van der Waals surface area contributed by atoms with Gasteiger partial charge in [0.15, 0.2) is 0 Å². The number of benzene rings is 3. The minimum atomic E-state index is -0.228. The minimum Gasteiger partial charge on any atom is -0.399 e. The fourth-order valence-corrected chi connectivity index (χ4v) is 8.15. The fourth-order valence-electron chi connectivity index (χ4n) is 8.15. The molecule has 0 amide bonds. The van der Waals surface area contributed by atoms with E-state index in [1.807, 2.05) is 48.9 Å². The van der Waals surface area contributed by atoms with Crippen molar-refractivity contribution in [1.29, 1.82) is 5.26 Å². The van der Waals surface area contributed by atoms with Gasteiger partial charge in [-0.1, -0.05) is 0 Å². The van der Waals surface area contributed by atoms with E-state index in [1.54, 1.807) is 6.07 Å². The second kappa shape index (κ2) is 13.2. The Morgan fingerprint density at radius 1 is 0.854 bits per heavy atom. The number of likely N-dealkylation sites (N-methyl/N-ethyl adjacent to an activating group) is 1. The standard InChI is InChI=1S/C39H46FN7O/c1-26-20-32-36(44(3)39(26)48)22-30(23-37(32)47-19-18-43(2)35-6-4-28(25-41)21-38(35)47)29-11-14-45(15-12-29)13-8-27-9-16-46(17-10-27)34-7-5-31(42)24-33(34)40/h4-7,20-24,27,29H,8-19,42H2,1-3H3. The average molecular weight is 648 g/mol. The summed E-state index contributed by atoms with van der Waals surface area (Å²) < 4.78 is 16.3. The molecular weight excluding hydrogens is 601 g/mol. The number of hydrogen-bond donors (Lipinski definition) is 1. The predicted molar refractivity (Wildman–Crippen MR) is 194 cm³/mol. The van der Waals surface area contributed by atoms with E-state index < -0.39 is 0 Å². The third kappa shape index (κ3) is 6.10. The number of anilines is 5. The molecule has 7 rings (SSSR count). The molecule has 0 aliphatic carbocycles. The summed E-state index contributed by atoms with van der Waals surface area (Å²) in [6, 6.07) is 19.9. The first-order valence-corrected chi connectivity index (χ1v) is 17.4. The molecule has 3 aromatic carbocycles. The highest BCUT2D eigenvalue weighted by atomic mass is 19.1. The van der Waals surface area contributed by atoms with Crippen LogP contribution in [0.2, 0.25) is 0 Å². The molecule has 3 aliphatic heterocycles. The summed E-state index contributed by atoms with van der Waals surface area (Å²) >= 11 is 0. The molecule has 1 aromatic heterocycles. The second-order valence-corrected chi connectivity index (χ2v) is 14.1. The van der Waals surface area contributed by atoms with E-state index in [2.05, 4.69) is 44.8 Å². The summed E-state index contributed by atoms with van der Waals surface area (Å²) in [7, 11) is 3.99. The third-order valence-corrected chi connectivity index (χ3v) is 11.1. The molecule has 4 heterocycles. The number of aromatic nitrogens is 1. The van der Waals surface area contributed by atoms with Crippen LogP contribution in [0.3, 0.4) is 0 Å². The molecule has 250 valence electrons. The van der Waals surface area contributed by atoms with Gasteiger partial charge in [0.1, 0.15) is 5.82 Å². The molecule has 48 heavy (non-hydrogen) atoms. The number of rotatable bonds is 6. The molecule has 0 spiro atoms. The van der Waals surface area contributed by atoms with Crippen molar-refractivity contribution in [1.82, 2.24) is 9.47 Å². The largest absolute Gasteiger partial charge is 0.399 e. The van der Waals surface area contributed by atoms with Gasteiger partial charge in [-0.3, -0.25) is 4.79 Å². The molecule has 0 unspecified atom stereocenters. The van der Waals surface area contributed by atoms with Gasteiger partial charge in [-0.2, -0.15) is 5.26 Å². The van der Waals surface area contributed by atoms with Crippen molar-refractivity contribution in [3.63, 3.8) is 0 Å². The molecule has 2 saturated heterocycles. The van der Waals surface area contributed by atoms with Crippen LogP contribution >= 0.6 is 0 Å². The molecular formula is C39H46FN7O. The number of nitrogens with two attached hydrogens (primary N) is 1. The lowest BCUT2D eigenvalue weighted by Gasteiger charge is -2.39. The number of halogens is 1. The molecule has 0 atom stereocenters. The zero-order valence-corrected chi connectivity index (χ0v) is 28.4. The Balaban J connectivity index is 1.06. The maximum Gasteiger partial charge on any atom is 0.253 e. The number of nitrogen functional groups attached to an aromatic ring is 1. The van der Waals surface area contributed by atoms with Gasteiger partial charge < -0.3 is 29.9 Å². The highest BCUT2D eigenvalue weighted by Crippen LogP contribution is 2.43. The van der Waals surface area contributed by atoms with Gasteiger partial charge in [0, 0.05) is 56.9 Å². The van der Waals surface area contributed by atoms with Crippen molar-refractivity contribution in [3.05, 3.63) is 87.5 Å². The SMILES string of the molecule is Cc1cc2c(N3CCN(C)c4ccc(C#N)cc43)cc(C3CCN(CCC4CCN(c5ccc(N)cc5F)CC4)CC3)cc2n(C)c1=O. The molecule has 0 radical (unpaired) electrons. The van der Waals surface area contributed by atoms with Crippen LogP contribution in [-0.2, 0) is 7.05 Å². The lowest BCUT2D eigenvalue weighted by Crippen LogP contribution is -2.38. The molecule has 0 bridgehead atoms. The van der Waals surface area contributed by atoms with Gasteiger partial charge >= 0.3 is 0 Å². The van der Waals surface area contributed by atoms with Crippen molar-refractivity contribution < 1.29 is 4.39 Å². The van der Waals surface area contributed by atoms with Crippen LogP contribution < -0.4 is 26.0 Å². The minimum absolute atomic E-state index is 0.0374. The number of hydrogen-bond acceptors (Lipinski definition) is 7. The van der Waals surface area contributed by atoms with Crippen molar-refractivity contribution in [3.8, 4) is 6.07 Å². The number of likely N-dealkylation sites (tertiary alicyclic amines) is 1. The molecule has 9 heteroatoms. The van der Waals surface area contributed by atoms with E-state index in [9.17, 15) is 14.4 Å². The maximum absolute atomic E-state index is 14.5. The summed E-state index contributed by atoms with van der Waals surface area (Å²) in [5.41, 5.74) is 13.8. The maximum atomic E-state index is 14.5. The summed E-state index contributed by atoms with van der Waals surface area (Å²) in [4.78, 5) is 22.5. The molecule has 8 nitrogen and oxygen atoms in total. The van der Waals surface area contributed by atoms with Gasteiger partial charge in [-0.25, -0.2) is 4.39 Å². The Hall–Kier alpha value is -4.55. The highest BCUT2D eigenvalue weighted by molar-refractivity contribution is 5.97. The number of nitriles is 1. The first kappa shape index (κ1) is 32.0. The number of piperidine rings is 2. The number of nitrogens with zero attached hydrogens (tertiary/aromatic N) is 6. The summed E-state index contributed by atoms with van der Waals surface area (Å²) in [6.07, 6.45) is 5.51. The molecule has 3 aliphatic rings. The normalized spacial score (nSPS) is 17.9. The van der Waals surface area contributed by atoms with Gasteiger partial charge in [-0.05, 0) is 131 Å². The number of aryl methyl sites for hydroxylation is 2. The van der Waals surface area contributed by atoms with E-state index in [0.29, 0.717) is 28.8 Å². The Bertz CT molecular complexity index is 1930. The van der Waals surface area contributed by atoms with Gasteiger partial charge in [0.25, 0.3) is 5.56 Å². The van der Waals surface area contributed by atoms with Crippen LogP contribution in [-0.4, -0.2) is 62.3 Å². The van der Waals surface area contributed by atoms with Crippen LogP contribution in [0.1, 0.15) is 54.7 Å². The van der Waals surface area contributed by atoms with E-state index in [1.165, 1.54) is 18.1 Å². The lowest BCUT2D eigenvalue weighted by atomic mass is 9.87. The predicted octanol–water partition coefficient (Wildman–Crippen LogP) is 6.51. The Kier molecular flexibility index (Phi) is 8.78. The first-order valence-electron chi connectivity index (χ1n) is 17.4. The van der Waals surface area contributed by atoms with Crippen molar-refractivity contribution in [2.24, 2.45) is 13.0 Å². The Morgan fingerprint density at radius 3 is 2.33 bits per heavy atom. The van der Waals surface area contributed by atoms with Crippen LogP contribution in [0.4, 0.5) is 32.8 Å². The first-order chi connectivity index (χ1) is 23.2. The molecule has 4 aromatic rings. The summed E-state index contributed by atoms with van der Waals surface area (Å²) in [5.74, 6) is 0.849. The zero-order chi connectivity index (χ0) is 33.5. The van der Waals surface area contributed by atoms with E-state index in [0.717, 1.165) is 105 Å². The van der Waals surface area contributed by atoms with E-state index >= 15 is 0 Å². The Labute approximate surface area is 282 Å². The quantitative estimate of drug-likeness (QED) is 0.239. The topological polar surface area (TPSA) is 84.8 Å². The van der Waals surface area contributed by atoms with Crippen LogP contribution in [0.25, 0.3) is 10.9 Å². The molecule has 0 saturated carbocycles. The second-order valence-electron chi connectivity index (χ2n) is 14.1. The fraction of sp³-hybridized carbons (Fsp3) is 0.436. The summed E-state index contributed by atoms with van der Waals surface area (Å²) in [6.45, 7) is 8.54. The van der Waals surface area contributed by atoms with E-state index in [4.69, 9.17) is 5.73 Å². The van der Waals surface area contributed by atoms with Crippen molar-refractivity contribution in [2.45, 2.75) is 44.9 Å². The Morgan fingerprint density at radius 2 is 1.60 bits per heavy atom. The molecule has 2 fully saturated rings. The zero-order valence-electron chi connectivity index (χ0n) is 28.4. The summed E-state index contributed by atoms with van der Waals surface area (Å²) in [5, 5.41) is 10.8. The monoisotopic (exact) mass is 647 g/mol. The molecule has 2 N–H and O–H groups in total. The highest BCUT2D eigenvalue weighted by Gasteiger charge is 2.28. The number of fused-ring (bicyclic) bond motifs is 2. The van der Waals surface area contributed by atoms with Crippen LogP contribution in [0.5, 0.6) is 0 Å². The van der Waals surface area contributed by atoms with E-state index in [-0.39, 0.29) is 11.4 Å². The van der Waals surface area contributed by atoms with Crippen LogP contribution in [0, 0.1) is 30.0 Å². The third-order valence-electron chi connectivity index (χ3n) is 11.1. The average Bonchev–Trinajstić information content (AvgIpc) is 3.10. The van der Waals surface area contributed by atoms with Gasteiger partial charge in [0.2, 0.25) is 0 Å². The number of pyridine rings is 1. The van der Waals surface area contributed by atoms with Crippen molar-refractivity contribution >= 4 is 39.3 Å².